The van der Waals surface area contributed by atoms with Crippen molar-refractivity contribution in [3.8, 4) is 0 Å². The fraction of sp³-hybridized carbons (Fsp3) is 0.619. The number of nitrogens with two attached hydrogens (primary N) is 1. The molecule has 158 valence electrons. The van der Waals surface area contributed by atoms with Crippen molar-refractivity contribution in [2.24, 2.45) is 11.7 Å². The summed E-state index contributed by atoms with van der Waals surface area (Å²) in [5, 5.41) is 2.94. The molecule has 1 fully saturated rings. The van der Waals surface area contributed by atoms with E-state index in [2.05, 4.69) is 5.32 Å². The van der Waals surface area contributed by atoms with E-state index in [-0.39, 0.29) is 36.2 Å². The molecule has 2 rings (SSSR count). The van der Waals surface area contributed by atoms with E-state index >= 15 is 0 Å². The Bertz CT molecular complexity index is 590. The summed E-state index contributed by atoms with van der Waals surface area (Å²) >= 11 is 0. The summed E-state index contributed by atoms with van der Waals surface area (Å²) < 4.78 is 5.82. The predicted octanol–water partition coefficient (Wildman–Crippen LogP) is 2.67. The van der Waals surface area contributed by atoms with Crippen molar-refractivity contribution in [1.29, 1.82) is 0 Å². The lowest BCUT2D eigenvalue weighted by Gasteiger charge is -2.34. The minimum absolute atomic E-state index is 0. The lowest BCUT2D eigenvalue weighted by molar-refractivity contribution is -0.139. The van der Waals surface area contributed by atoms with Gasteiger partial charge >= 0.3 is 0 Å². The van der Waals surface area contributed by atoms with Gasteiger partial charge in [0.1, 0.15) is 6.04 Å². The van der Waals surface area contributed by atoms with Gasteiger partial charge in [0, 0.05) is 26.1 Å². The number of nitrogens with zero attached hydrogens (tertiary/aromatic N) is 1. The minimum atomic E-state index is -0.632. The van der Waals surface area contributed by atoms with E-state index in [9.17, 15) is 9.59 Å². The van der Waals surface area contributed by atoms with Crippen LogP contribution >= 0.6 is 12.4 Å². The van der Waals surface area contributed by atoms with E-state index in [1.54, 1.807) is 0 Å². The normalized spacial score (nSPS) is 15.8. The molecule has 0 saturated carbocycles. The maximum absolute atomic E-state index is 13.1. The number of hydrogen-bond donors (Lipinski definition) is 2. The molecule has 7 heteroatoms. The summed E-state index contributed by atoms with van der Waals surface area (Å²) in [6.45, 7) is 6.59. The molecular weight excluding hydrogens is 378 g/mol. The number of piperidine rings is 1. The van der Waals surface area contributed by atoms with Gasteiger partial charge in [0.2, 0.25) is 11.8 Å². The van der Waals surface area contributed by atoms with E-state index in [1.807, 2.05) is 49.1 Å². The van der Waals surface area contributed by atoms with Crippen molar-refractivity contribution >= 4 is 24.2 Å². The van der Waals surface area contributed by atoms with Gasteiger partial charge in [-0.2, -0.15) is 0 Å². The van der Waals surface area contributed by atoms with Gasteiger partial charge in [-0.15, -0.1) is 12.4 Å². The van der Waals surface area contributed by atoms with Crippen LogP contribution < -0.4 is 11.1 Å². The standard InChI is InChI=1S/C21H33N3O3.ClH/c1-16(2)15-19(25)23-20(17-7-4-3-5-8-17)21(26)24-12-9-18(10-13-24)27-14-6-11-22;/h3-5,7-8,16,18,20H,6,9-15,22H2,1-2H3,(H,23,25);1H. The average Bonchev–Trinajstić information content (AvgIpc) is 2.66. The van der Waals surface area contributed by atoms with Crippen molar-refractivity contribution in [2.45, 2.75) is 51.7 Å². The van der Waals surface area contributed by atoms with Crippen LogP contribution in [0.4, 0.5) is 0 Å². The summed E-state index contributed by atoms with van der Waals surface area (Å²) in [6, 6.07) is 8.84. The van der Waals surface area contributed by atoms with Crippen LogP contribution in [0, 0.1) is 5.92 Å². The molecule has 0 spiro atoms. The molecule has 1 saturated heterocycles. The molecule has 6 nitrogen and oxygen atoms in total. The molecule has 0 aliphatic carbocycles. The SMILES string of the molecule is CC(C)CC(=O)NC(C(=O)N1CCC(OCCCN)CC1)c1ccccc1.Cl. The topological polar surface area (TPSA) is 84.7 Å². The van der Waals surface area contributed by atoms with Gasteiger partial charge in [-0.1, -0.05) is 44.2 Å². The van der Waals surface area contributed by atoms with Crippen LogP contribution in [0.2, 0.25) is 0 Å². The van der Waals surface area contributed by atoms with E-state index in [0.717, 1.165) is 24.8 Å². The van der Waals surface area contributed by atoms with Crippen molar-refractivity contribution in [3.63, 3.8) is 0 Å². The molecular formula is C21H34ClN3O3. The molecule has 0 aromatic heterocycles. The number of carbonyl (C=O) groups excluding carboxylic acids is 2. The molecule has 1 aliphatic heterocycles. The Morgan fingerprint density at radius 2 is 1.86 bits per heavy atom. The Morgan fingerprint density at radius 3 is 2.43 bits per heavy atom. The highest BCUT2D eigenvalue weighted by Gasteiger charge is 2.30. The predicted molar refractivity (Wildman–Crippen MR) is 113 cm³/mol. The van der Waals surface area contributed by atoms with Crippen LogP contribution in [0.5, 0.6) is 0 Å². The van der Waals surface area contributed by atoms with Crippen LogP contribution in [0.15, 0.2) is 30.3 Å². The lowest BCUT2D eigenvalue weighted by Crippen LogP contribution is -2.47. The van der Waals surface area contributed by atoms with Crippen molar-refractivity contribution in [2.75, 3.05) is 26.2 Å². The highest BCUT2D eigenvalue weighted by atomic mass is 35.5. The quantitative estimate of drug-likeness (QED) is 0.612. The third kappa shape index (κ3) is 7.78. The summed E-state index contributed by atoms with van der Waals surface area (Å²) in [5.41, 5.74) is 6.32. The number of benzene rings is 1. The molecule has 28 heavy (non-hydrogen) atoms. The highest BCUT2D eigenvalue weighted by Crippen LogP contribution is 2.21. The summed E-state index contributed by atoms with van der Waals surface area (Å²) in [5.74, 6) is 0.115. The first-order valence-corrected chi connectivity index (χ1v) is 9.96. The van der Waals surface area contributed by atoms with Crippen LogP contribution in [-0.4, -0.2) is 49.1 Å². The molecule has 1 aliphatic rings. The highest BCUT2D eigenvalue weighted by molar-refractivity contribution is 5.88. The molecule has 1 aromatic rings. The zero-order valence-corrected chi connectivity index (χ0v) is 17.7. The first-order valence-electron chi connectivity index (χ1n) is 9.96. The van der Waals surface area contributed by atoms with Gasteiger partial charge in [-0.25, -0.2) is 0 Å². The molecule has 1 aromatic carbocycles. The number of halogens is 1. The van der Waals surface area contributed by atoms with Crippen LogP contribution in [0.1, 0.15) is 51.1 Å². The number of hydrogen-bond acceptors (Lipinski definition) is 4. The lowest BCUT2D eigenvalue weighted by atomic mass is 10.0. The second-order valence-corrected chi connectivity index (χ2v) is 7.55. The molecule has 2 amide bonds. The van der Waals surface area contributed by atoms with E-state index in [4.69, 9.17) is 10.5 Å². The fourth-order valence-corrected chi connectivity index (χ4v) is 3.28. The first kappa shape index (κ1) is 24.4. The van der Waals surface area contributed by atoms with Crippen LogP contribution in [0.25, 0.3) is 0 Å². The summed E-state index contributed by atoms with van der Waals surface area (Å²) in [6.07, 6.45) is 3.09. The Kier molecular flexibility index (Phi) is 11.1. The van der Waals surface area contributed by atoms with Gasteiger partial charge in [0.15, 0.2) is 0 Å². The monoisotopic (exact) mass is 411 g/mol. The van der Waals surface area contributed by atoms with Gasteiger partial charge < -0.3 is 20.7 Å². The molecule has 0 bridgehead atoms. The number of nitrogens with one attached hydrogen (secondary N) is 1. The van der Waals surface area contributed by atoms with Crippen molar-refractivity contribution < 1.29 is 14.3 Å². The molecule has 1 unspecified atom stereocenters. The Labute approximate surface area is 174 Å². The third-order valence-corrected chi connectivity index (χ3v) is 4.73. The van der Waals surface area contributed by atoms with Gasteiger partial charge in [-0.05, 0) is 37.3 Å². The largest absolute Gasteiger partial charge is 0.378 e. The number of likely N-dealkylation sites (tertiary alicyclic amines) is 1. The molecule has 1 atom stereocenters. The zero-order chi connectivity index (χ0) is 19.6. The maximum Gasteiger partial charge on any atom is 0.249 e. The Balaban J connectivity index is 0.00000392. The van der Waals surface area contributed by atoms with Crippen LogP contribution in [0.3, 0.4) is 0 Å². The van der Waals surface area contributed by atoms with E-state index in [0.29, 0.717) is 32.7 Å². The van der Waals surface area contributed by atoms with Crippen LogP contribution in [-0.2, 0) is 14.3 Å². The second kappa shape index (κ2) is 12.8. The third-order valence-electron chi connectivity index (χ3n) is 4.73. The Morgan fingerprint density at radius 1 is 1.21 bits per heavy atom. The van der Waals surface area contributed by atoms with Crippen molar-refractivity contribution in [3.05, 3.63) is 35.9 Å². The summed E-state index contributed by atoms with van der Waals surface area (Å²) in [4.78, 5) is 27.3. The minimum Gasteiger partial charge on any atom is -0.378 e. The second-order valence-electron chi connectivity index (χ2n) is 7.55. The average molecular weight is 412 g/mol. The Hall–Kier alpha value is -1.63. The van der Waals surface area contributed by atoms with Gasteiger partial charge in [0.25, 0.3) is 0 Å². The fourth-order valence-electron chi connectivity index (χ4n) is 3.28. The number of amides is 2. The maximum atomic E-state index is 13.1. The number of ether oxygens (including phenoxy) is 1. The van der Waals surface area contributed by atoms with E-state index in [1.165, 1.54) is 0 Å². The number of rotatable bonds is 9. The smallest absolute Gasteiger partial charge is 0.249 e. The van der Waals surface area contributed by atoms with Crippen molar-refractivity contribution in [1.82, 2.24) is 10.2 Å². The molecule has 3 N–H and O–H groups in total. The van der Waals surface area contributed by atoms with E-state index < -0.39 is 6.04 Å². The zero-order valence-electron chi connectivity index (χ0n) is 16.9. The summed E-state index contributed by atoms with van der Waals surface area (Å²) in [7, 11) is 0. The van der Waals surface area contributed by atoms with Gasteiger partial charge in [-0.3, -0.25) is 9.59 Å². The van der Waals surface area contributed by atoms with Gasteiger partial charge in [0.05, 0.1) is 6.10 Å². The molecule has 1 heterocycles. The first-order chi connectivity index (χ1) is 13.0. The molecule has 0 radical (unpaired) electrons. The number of carbonyl (C=O) groups is 2.